The van der Waals surface area contributed by atoms with E-state index in [1.807, 2.05) is 25.1 Å². The third kappa shape index (κ3) is 5.87. The minimum Gasteiger partial charge on any atom is -0.468 e. The Morgan fingerprint density at radius 1 is 1.16 bits per heavy atom. The number of hydrogen-bond acceptors (Lipinski definition) is 5. The van der Waals surface area contributed by atoms with Crippen LogP contribution in [0.4, 0.5) is 0 Å². The molecule has 1 unspecified atom stereocenters. The van der Waals surface area contributed by atoms with Crippen LogP contribution in [0.1, 0.15) is 37.1 Å². The van der Waals surface area contributed by atoms with Gasteiger partial charge in [-0.15, -0.1) is 0 Å². The van der Waals surface area contributed by atoms with Crippen LogP contribution in [0.15, 0.2) is 57.0 Å². The Kier molecular flexibility index (Phi) is 8.11. The van der Waals surface area contributed by atoms with Gasteiger partial charge in [0.05, 0.1) is 23.7 Å². The SMILES string of the molecule is CCNC(=NCc1ccccc1S(=O)(=O)N(C)C)NCC(c1ccco1)N1CCCC1. The number of hydrogen-bond donors (Lipinski definition) is 2. The molecule has 2 N–H and O–H groups in total. The van der Waals surface area contributed by atoms with Crippen molar-refractivity contribution in [3.05, 3.63) is 54.0 Å². The molecule has 3 rings (SSSR count). The second-order valence-corrected chi connectivity index (χ2v) is 9.87. The van der Waals surface area contributed by atoms with E-state index in [9.17, 15) is 8.42 Å². The molecule has 31 heavy (non-hydrogen) atoms. The summed E-state index contributed by atoms with van der Waals surface area (Å²) in [7, 11) is -0.458. The van der Waals surface area contributed by atoms with Crippen LogP contribution in [-0.4, -0.2) is 63.9 Å². The van der Waals surface area contributed by atoms with E-state index in [1.165, 1.54) is 31.2 Å². The van der Waals surface area contributed by atoms with E-state index >= 15 is 0 Å². The predicted octanol–water partition coefficient (Wildman–Crippen LogP) is 2.42. The van der Waals surface area contributed by atoms with E-state index in [1.54, 1.807) is 24.5 Å². The lowest BCUT2D eigenvalue weighted by Gasteiger charge is -2.26. The van der Waals surface area contributed by atoms with Gasteiger partial charge in [-0.1, -0.05) is 18.2 Å². The maximum atomic E-state index is 12.6. The van der Waals surface area contributed by atoms with Gasteiger partial charge in [0.15, 0.2) is 5.96 Å². The van der Waals surface area contributed by atoms with Gasteiger partial charge in [0, 0.05) is 27.2 Å². The topological polar surface area (TPSA) is 90.2 Å². The first kappa shape index (κ1) is 23.3. The Bertz CT molecular complexity index is 951. The molecule has 1 saturated heterocycles. The summed E-state index contributed by atoms with van der Waals surface area (Å²) in [4.78, 5) is 7.37. The van der Waals surface area contributed by atoms with Crippen LogP contribution in [0.25, 0.3) is 0 Å². The standard InChI is InChI=1S/C22H33N5O3S/c1-4-23-22(24-16-18-10-5-6-12-21(18)31(28,29)26(2)3)25-17-19(20-11-9-15-30-20)27-13-7-8-14-27/h5-6,9-12,15,19H,4,7-8,13-14,16-17H2,1-3H3,(H2,23,24,25). The third-order valence-electron chi connectivity index (χ3n) is 5.40. The molecule has 1 fully saturated rings. The van der Waals surface area contributed by atoms with Crippen molar-refractivity contribution in [2.75, 3.05) is 40.3 Å². The van der Waals surface area contributed by atoms with Crippen LogP contribution < -0.4 is 10.6 Å². The molecule has 1 atom stereocenters. The number of nitrogens with one attached hydrogen (secondary N) is 2. The summed E-state index contributed by atoms with van der Waals surface area (Å²) >= 11 is 0. The van der Waals surface area contributed by atoms with Gasteiger partial charge in [-0.05, 0) is 56.6 Å². The van der Waals surface area contributed by atoms with Gasteiger partial charge in [-0.2, -0.15) is 0 Å². The summed E-state index contributed by atoms with van der Waals surface area (Å²) in [6, 6.07) is 11.1. The average Bonchev–Trinajstić information content (AvgIpc) is 3.47. The highest BCUT2D eigenvalue weighted by Crippen LogP contribution is 2.25. The molecule has 1 aliphatic rings. The van der Waals surface area contributed by atoms with Gasteiger partial charge in [-0.3, -0.25) is 4.90 Å². The quantitative estimate of drug-likeness (QED) is 0.453. The number of nitrogens with zero attached hydrogens (tertiary/aromatic N) is 3. The van der Waals surface area contributed by atoms with Crippen LogP contribution in [0, 0.1) is 0 Å². The zero-order chi connectivity index (χ0) is 22.3. The van der Waals surface area contributed by atoms with Gasteiger partial charge in [-0.25, -0.2) is 17.7 Å². The van der Waals surface area contributed by atoms with E-state index < -0.39 is 10.0 Å². The Morgan fingerprint density at radius 3 is 2.55 bits per heavy atom. The number of benzene rings is 1. The zero-order valence-electron chi connectivity index (χ0n) is 18.5. The summed E-state index contributed by atoms with van der Waals surface area (Å²) in [5.74, 6) is 1.59. The fourth-order valence-corrected chi connectivity index (χ4v) is 4.83. The second-order valence-electron chi connectivity index (χ2n) is 7.75. The smallest absolute Gasteiger partial charge is 0.242 e. The Labute approximate surface area is 185 Å². The largest absolute Gasteiger partial charge is 0.468 e. The first-order valence-corrected chi connectivity index (χ1v) is 12.2. The molecular weight excluding hydrogens is 414 g/mol. The minimum absolute atomic E-state index is 0.128. The van der Waals surface area contributed by atoms with Crippen molar-refractivity contribution < 1.29 is 12.8 Å². The molecule has 0 saturated carbocycles. The highest BCUT2D eigenvalue weighted by molar-refractivity contribution is 7.89. The van der Waals surface area contributed by atoms with E-state index in [-0.39, 0.29) is 17.5 Å². The average molecular weight is 448 g/mol. The summed E-state index contributed by atoms with van der Waals surface area (Å²) in [6.45, 7) is 5.72. The maximum absolute atomic E-state index is 12.6. The monoisotopic (exact) mass is 447 g/mol. The Balaban J connectivity index is 1.75. The minimum atomic E-state index is -3.53. The van der Waals surface area contributed by atoms with Crippen molar-refractivity contribution in [3.63, 3.8) is 0 Å². The van der Waals surface area contributed by atoms with Crippen molar-refractivity contribution in [3.8, 4) is 0 Å². The van der Waals surface area contributed by atoms with Crippen LogP contribution in [0.3, 0.4) is 0 Å². The molecule has 1 aromatic heterocycles. The number of guanidine groups is 1. The normalized spacial score (nSPS) is 16.6. The van der Waals surface area contributed by atoms with Gasteiger partial charge < -0.3 is 15.1 Å². The summed E-state index contributed by atoms with van der Waals surface area (Å²) in [5, 5.41) is 6.67. The molecule has 2 aromatic rings. The number of rotatable bonds is 9. The molecular formula is C22H33N5O3S. The van der Waals surface area contributed by atoms with Crippen LogP contribution in [0.2, 0.25) is 0 Å². The molecule has 0 amide bonds. The van der Waals surface area contributed by atoms with Crippen LogP contribution in [0.5, 0.6) is 0 Å². The van der Waals surface area contributed by atoms with Crippen LogP contribution in [-0.2, 0) is 16.6 Å². The molecule has 0 aliphatic carbocycles. The van der Waals surface area contributed by atoms with Gasteiger partial charge in [0.2, 0.25) is 10.0 Å². The number of furan rings is 1. The number of sulfonamides is 1. The number of likely N-dealkylation sites (tertiary alicyclic amines) is 1. The molecule has 0 spiro atoms. The second kappa shape index (κ2) is 10.8. The van der Waals surface area contributed by atoms with Crippen molar-refractivity contribution in [1.82, 2.24) is 19.8 Å². The van der Waals surface area contributed by atoms with Crippen molar-refractivity contribution in [1.29, 1.82) is 0 Å². The summed E-state index contributed by atoms with van der Waals surface area (Å²) in [6.07, 6.45) is 4.10. The summed E-state index contributed by atoms with van der Waals surface area (Å²) < 4.78 is 32.2. The maximum Gasteiger partial charge on any atom is 0.242 e. The molecule has 9 heteroatoms. The molecule has 0 radical (unpaired) electrons. The van der Waals surface area contributed by atoms with E-state index in [2.05, 4.69) is 20.5 Å². The third-order valence-corrected chi connectivity index (χ3v) is 7.31. The van der Waals surface area contributed by atoms with Gasteiger partial charge in [0.1, 0.15) is 5.76 Å². The Morgan fingerprint density at radius 2 is 1.90 bits per heavy atom. The van der Waals surface area contributed by atoms with Crippen molar-refractivity contribution in [2.45, 2.75) is 37.2 Å². The summed E-state index contributed by atoms with van der Waals surface area (Å²) in [5.41, 5.74) is 0.663. The van der Waals surface area contributed by atoms with Crippen LogP contribution >= 0.6 is 0 Å². The zero-order valence-corrected chi connectivity index (χ0v) is 19.4. The lowest BCUT2D eigenvalue weighted by Crippen LogP contribution is -2.42. The fraction of sp³-hybridized carbons (Fsp3) is 0.500. The van der Waals surface area contributed by atoms with E-state index in [4.69, 9.17) is 4.42 Å². The fourth-order valence-electron chi connectivity index (χ4n) is 3.73. The highest BCUT2D eigenvalue weighted by Gasteiger charge is 2.26. The lowest BCUT2D eigenvalue weighted by molar-refractivity contribution is 0.215. The predicted molar refractivity (Wildman–Crippen MR) is 122 cm³/mol. The molecule has 1 aliphatic heterocycles. The molecule has 8 nitrogen and oxygen atoms in total. The van der Waals surface area contributed by atoms with E-state index in [0.29, 0.717) is 24.6 Å². The first-order valence-electron chi connectivity index (χ1n) is 10.7. The molecule has 1 aromatic carbocycles. The molecule has 2 heterocycles. The van der Waals surface area contributed by atoms with Gasteiger partial charge >= 0.3 is 0 Å². The lowest BCUT2D eigenvalue weighted by atomic mass is 10.2. The highest BCUT2D eigenvalue weighted by atomic mass is 32.2. The first-order chi connectivity index (χ1) is 14.9. The molecule has 170 valence electrons. The number of aliphatic imine (C=N–C) groups is 1. The Hall–Kier alpha value is -2.36. The van der Waals surface area contributed by atoms with E-state index in [0.717, 1.165) is 18.8 Å². The molecule has 0 bridgehead atoms. The van der Waals surface area contributed by atoms with Crippen molar-refractivity contribution >= 4 is 16.0 Å². The van der Waals surface area contributed by atoms with Crippen molar-refractivity contribution in [2.24, 2.45) is 4.99 Å². The van der Waals surface area contributed by atoms with Gasteiger partial charge in [0.25, 0.3) is 0 Å².